The minimum atomic E-state index is -3.21. The quantitative estimate of drug-likeness (QED) is 0.801. The maximum atomic E-state index is 12.0. The number of carbonyl (C=O) groups is 1. The van der Waals surface area contributed by atoms with Crippen LogP contribution in [0.5, 0.6) is 0 Å². The lowest BCUT2D eigenvalue weighted by molar-refractivity contribution is -0.128. The van der Waals surface area contributed by atoms with Crippen molar-refractivity contribution < 1.29 is 13.2 Å². The Hall–Kier alpha value is -0.950. The van der Waals surface area contributed by atoms with Crippen molar-refractivity contribution in [2.45, 2.75) is 44.8 Å². The molecule has 0 N–H and O–H groups in total. The molecule has 21 heavy (non-hydrogen) atoms. The zero-order valence-corrected chi connectivity index (χ0v) is 15.0. The molecule has 1 amide bonds. The van der Waals surface area contributed by atoms with Crippen LogP contribution in [0.1, 0.15) is 44.3 Å². The van der Waals surface area contributed by atoms with Crippen LogP contribution >= 0.6 is 11.3 Å². The first kappa shape index (κ1) is 18.1. The average Bonchev–Trinajstić information content (AvgIpc) is 2.75. The molecule has 0 aromatic carbocycles. The van der Waals surface area contributed by atoms with Crippen LogP contribution in [0.3, 0.4) is 0 Å². The Morgan fingerprint density at radius 3 is 2.43 bits per heavy atom. The molecule has 0 saturated heterocycles. The van der Waals surface area contributed by atoms with Gasteiger partial charge in [-0.05, 0) is 6.42 Å². The van der Waals surface area contributed by atoms with Crippen LogP contribution in [-0.2, 0) is 25.8 Å². The number of nitrogens with zero attached hydrogens (tertiary/aromatic N) is 2. The van der Waals surface area contributed by atoms with Crippen LogP contribution in [0.2, 0.25) is 0 Å². The molecule has 0 fully saturated rings. The van der Waals surface area contributed by atoms with Crippen LogP contribution in [0.4, 0.5) is 0 Å². The van der Waals surface area contributed by atoms with Gasteiger partial charge in [-0.1, -0.05) is 20.8 Å². The van der Waals surface area contributed by atoms with Crippen molar-refractivity contribution in [1.29, 1.82) is 0 Å². The van der Waals surface area contributed by atoms with Crippen LogP contribution in [0.15, 0.2) is 5.38 Å². The highest BCUT2D eigenvalue weighted by molar-refractivity contribution is 7.90. The number of sulfone groups is 1. The Morgan fingerprint density at radius 2 is 1.95 bits per heavy atom. The highest BCUT2D eigenvalue weighted by Crippen LogP contribution is 2.26. The van der Waals surface area contributed by atoms with Gasteiger partial charge in [0.2, 0.25) is 5.91 Å². The second-order valence-electron chi connectivity index (χ2n) is 6.38. The van der Waals surface area contributed by atoms with Crippen LogP contribution in [-0.4, -0.2) is 44.1 Å². The Morgan fingerprint density at radius 1 is 1.33 bits per heavy atom. The van der Waals surface area contributed by atoms with Crippen LogP contribution in [0, 0.1) is 0 Å². The van der Waals surface area contributed by atoms with E-state index < -0.39 is 9.84 Å². The summed E-state index contributed by atoms with van der Waals surface area (Å²) in [6.45, 7) is 6.16. The van der Waals surface area contributed by atoms with E-state index in [2.05, 4.69) is 25.8 Å². The van der Waals surface area contributed by atoms with Gasteiger partial charge in [0.05, 0.1) is 22.2 Å². The Bertz CT molecular complexity index is 584. The number of thiazole rings is 1. The van der Waals surface area contributed by atoms with Crippen molar-refractivity contribution in [3.63, 3.8) is 0 Å². The summed E-state index contributed by atoms with van der Waals surface area (Å²) < 4.78 is 24.1. The lowest BCUT2D eigenvalue weighted by Gasteiger charge is -2.13. The first-order valence-corrected chi connectivity index (χ1v) is 9.57. The Labute approximate surface area is 131 Å². The SMILES string of the molecule is CN(C)C(=O)CCCS(=O)(=O)Cc1csc(C(C)(C)C)n1. The number of carbonyl (C=O) groups excluding carboxylic acids is 1. The third-order valence-corrected chi connectivity index (χ3v) is 5.87. The van der Waals surface area contributed by atoms with Gasteiger partial charge in [0.1, 0.15) is 0 Å². The van der Waals surface area contributed by atoms with Crippen molar-refractivity contribution >= 4 is 27.1 Å². The molecule has 0 spiro atoms. The average molecular weight is 332 g/mol. The standard InChI is InChI=1S/C14H24N2O3S2/c1-14(2,3)13-15-11(9-20-13)10-21(18,19)8-6-7-12(17)16(4)5/h9H,6-8,10H2,1-5H3. The predicted octanol–water partition coefficient (Wildman–Crippen LogP) is 2.22. The van der Waals surface area contributed by atoms with Crippen molar-refractivity contribution in [2.75, 3.05) is 19.8 Å². The Balaban J connectivity index is 2.57. The molecule has 0 aliphatic rings. The summed E-state index contributed by atoms with van der Waals surface area (Å²) in [7, 11) is 0.119. The second-order valence-corrected chi connectivity index (χ2v) is 9.42. The minimum Gasteiger partial charge on any atom is -0.349 e. The smallest absolute Gasteiger partial charge is 0.222 e. The van der Waals surface area contributed by atoms with E-state index in [1.54, 1.807) is 14.1 Å². The molecule has 5 nitrogen and oxygen atoms in total. The highest BCUT2D eigenvalue weighted by atomic mass is 32.2. The molecule has 0 saturated carbocycles. The van der Waals surface area contributed by atoms with Crippen molar-refractivity contribution in [2.24, 2.45) is 0 Å². The van der Waals surface area contributed by atoms with Gasteiger partial charge in [0.25, 0.3) is 0 Å². The van der Waals surface area contributed by atoms with Gasteiger partial charge in [0, 0.05) is 31.3 Å². The number of hydrogen-bond acceptors (Lipinski definition) is 5. The zero-order valence-electron chi connectivity index (χ0n) is 13.3. The van der Waals surface area contributed by atoms with Gasteiger partial charge < -0.3 is 4.90 Å². The number of rotatable bonds is 6. The summed E-state index contributed by atoms with van der Waals surface area (Å²) in [6, 6.07) is 0. The fourth-order valence-electron chi connectivity index (χ4n) is 1.68. The minimum absolute atomic E-state index is 0.0228. The molecule has 0 aliphatic carbocycles. The van der Waals surface area contributed by atoms with E-state index in [9.17, 15) is 13.2 Å². The molecule has 0 atom stereocenters. The molecule has 120 valence electrons. The molecule has 0 bridgehead atoms. The molecule has 0 unspecified atom stereocenters. The normalized spacial score (nSPS) is 12.4. The Kier molecular flexibility index (Phi) is 5.92. The van der Waals surface area contributed by atoms with Gasteiger partial charge in [0.15, 0.2) is 9.84 Å². The van der Waals surface area contributed by atoms with E-state index in [1.165, 1.54) is 16.2 Å². The third kappa shape index (κ3) is 6.13. The van der Waals surface area contributed by atoms with Gasteiger partial charge >= 0.3 is 0 Å². The number of hydrogen-bond donors (Lipinski definition) is 0. The molecule has 7 heteroatoms. The largest absolute Gasteiger partial charge is 0.349 e. The van der Waals surface area contributed by atoms with Gasteiger partial charge in [-0.25, -0.2) is 13.4 Å². The van der Waals surface area contributed by atoms with Gasteiger partial charge in [-0.15, -0.1) is 11.3 Å². The molecule has 1 heterocycles. The lowest BCUT2D eigenvalue weighted by Crippen LogP contribution is -2.22. The number of aromatic nitrogens is 1. The highest BCUT2D eigenvalue weighted by Gasteiger charge is 2.20. The lowest BCUT2D eigenvalue weighted by atomic mass is 9.98. The fourth-order valence-corrected chi connectivity index (χ4v) is 4.02. The van der Waals surface area contributed by atoms with Crippen LogP contribution < -0.4 is 0 Å². The first-order valence-electron chi connectivity index (χ1n) is 6.87. The molecule has 0 aliphatic heterocycles. The van der Waals surface area contributed by atoms with E-state index in [0.717, 1.165) is 5.01 Å². The van der Waals surface area contributed by atoms with Gasteiger partial charge in [-0.3, -0.25) is 4.79 Å². The van der Waals surface area contributed by atoms with E-state index in [-0.39, 0.29) is 29.2 Å². The summed E-state index contributed by atoms with van der Waals surface area (Å²) in [5.74, 6) is -0.0705. The van der Waals surface area contributed by atoms with Crippen molar-refractivity contribution in [3.8, 4) is 0 Å². The maximum Gasteiger partial charge on any atom is 0.222 e. The van der Waals surface area contributed by atoms with E-state index in [1.807, 2.05) is 5.38 Å². The molecule has 1 rings (SSSR count). The topological polar surface area (TPSA) is 67.3 Å². The van der Waals surface area contributed by atoms with Gasteiger partial charge in [-0.2, -0.15) is 0 Å². The molecular formula is C14H24N2O3S2. The summed E-state index contributed by atoms with van der Waals surface area (Å²) in [5, 5.41) is 2.75. The molecule has 1 aromatic rings. The monoisotopic (exact) mass is 332 g/mol. The fraction of sp³-hybridized carbons (Fsp3) is 0.714. The number of amides is 1. The van der Waals surface area contributed by atoms with Crippen molar-refractivity contribution in [1.82, 2.24) is 9.88 Å². The van der Waals surface area contributed by atoms with E-state index in [4.69, 9.17) is 0 Å². The van der Waals surface area contributed by atoms with Crippen molar-refractivity contribution in [3.05, 3.63) is 16.1 Å². The first-order chi connectivity index (χ1) is 9.51. The van der Waals surface area contributed by atoms with Crippen LogP contribution in [0.25, 0.3) is 0 Å². The molecule has 0 radical (unpaired) electrons. The predicted molar refractivity (Wildman–Crippen MR) is 86.2 cm³/mol. The van der Waals surface area contributed by atoms with E-state index in [0.29, 0.717) is 12.1 Å². The summed E-state index contributed by atoms with van der Waals surface area (Å²) in [6.07, 6.45) is 0.617. The third-order valence-electron chi connectivity index (χ3n) is 2.91. The zero-order chi connectivity index (χ0) is 16.3. The summed E-state index contributed by atoms with van der Waals surface area (Å²) in [4.78, 5) is 17.3. The molecule has 1 aromatic heterocycles. The summed E-state index contributed by atoms with van der Waals surface area (Å²) >= 11 is 1.49. The molecular weight excluding hydrogens is 308 g/mol. The van der Waals surface area contributed by atoms with E-state index >= 15 is 0 Å². The maximum absolute atomic E-state index is 12.0. The summed E-state index contributed by atoms with van der Waals surface area (Å²) in [5.41, 5.74) is 0.536. The second kappa shape index (κ2) is 6.87.